The lowest BCUT2D eigenvalue weighted by Crippen LogP contribution is -2.53. The summed E-state index contributed by atoms with van der Waals surface area (Å²) < 4.78 is 16.2. The number of methoxy groups -OCH3 is 1. The fourth-order valence-corrected chi connectivity index (χ4v) is 3.81. The first-order valence-corrected chi connectivity index (χ1v) is 11.3. The Kier molecular flexibility index (Phi) is 7.81. The van der Waals surface area contributed by atoms with Crippen LogP contribution in [0.1, 0.15) is 45.2 Å². The average Bonchev–Trinajstić information content (AvgIpc) is 3.18. The Labute approximate surface area is 200 Å². The molecule has 0 bridgehead atoms. The Morgan fingerprint density at radius 3 is 2.44 bits per heavy atom. The molecule has 1 aliphatic heterocycles. The Bertz CT molecular complexity index is 1030. The number of carbonyl (C=O) groups excluding carboxylic acids is 3. The highest BCUT2D eigenvalue weighted by atomic mass is 16.6. The molecule has 0 fully saturated rings. The normalized spacial score (nSPS) is 15.8. The summed E-state index contributed by atoms with van der Waals surface area (Å²) in [6.07, 6.45) is -0.0683. The summed E-state index contributed by atoms with van der Waals surface area (Å²) in [6, 6.07) is 13.5. The van der Waals surface area contributed by atoms with Crippen LogP contribution in [0.4, 0.5) is 10.5 Å². The van der Waals surface area contributed by atoms with Gasteiger partial charge in [-0.1, -0.05) is 37.3 Å². The molecule has 1 aliphatic rings. The van der Waals surface area contributed by atoms with Crippen LogP contribution < -0.4 is 15.0 Å². The van der Waals surface area contributed by atoms with Crippen LogP contribution >= 0.6 is 0 Å². The number of alkyl carbamates (subject to hydrolysis) is 1. The first kappa shape index (κ1) is 25.1. The Morgan fingerprint density at radius 1 is 1.12 bits per heavy atom. The van der Waals surface area contributed by atoms with Gasteiger partial charge >= 0.3 is 12.1 Å². The number of esters is 1. The fraction of sp³-hybridized carbons (Fsp3) is 0.423. The van der Waals surface area contributed by atoms with E-state index in [9.17, 15) is 14.4 Å². The molecule has 0 spiro atoms. The number of anilines is 1. The van der Waals surface area contributed by atoms with E-state index >= 15 is 0 Å². The summed E-state index contributed by atoms with van der Waals surface area (Å²) in [7, 11) is 1.29. The third-order valence-electron chi connectivity index (χ3n) is 5.39. The number of benzene rings is 2. The molecule has 0 aliphatic carbocycles. The second-order valence-electron chi connectivity index (χ2n) is 9.12. The Hall–Kier alpha value is -3.55. The summed E-state index contributed by atoms with van der Waals surface area (Å²) in [5.74, 6) is -0.289. The highest BCUT2D eigenvalue weighted by Gasteiger charge is 2.42. The van der Waals surface area contributed by atoms with E-state index in [0.29, 0.717) is 30.9 Å². The maximum Gasteiger partial charge on any atom is 0.408 e. The van der Waals surface area contributed by atoms with E-state index in [4.69, 9.17) is 14.2 Å². The van der Waals surface area contributed by atoms with Gasteiger partial charge in [0.05, 0.1) is 7.11 Å². The van der Waals surface area contributed by atoms with E-state index in [1.807, 2.05) is 36.4 Å². The monoisotopic (exact) mass is 468 g/mol. The summed E-state index contributed by atoms with van der Waals surface area (Å²) in [6.45, 7) is 7.43. The van der Waals surface area contributed by atoms with Gasteiger partial charge in [0.15, 0.2) is 0 Å². The minimum absolute atomic E-state index is 0.291. The maximum atomic E-state index is 13.5. The van der Waals surface area contributed by atoms with Crippen molar-refractivity contribution in [3.63, 3.8) is 0 Å². The van der Waals surface area contributed by atoms with Gasteiger partial charge in [0.1, 0.15) is 30.0 Å². The quantitative estimate of drug-likeness (QED) is 0.618. The van der Waals surface area contributed by atoms with Gasteiger partial charge in [0.2, 0.25) is 0 Å². The molecule has 1 heterocycles. The predicted molar refractivity (Wildman–Crippen MR) is 128 cm³/mol. The van der Waals surface area contributed by atoms with Gasteiger partial charge in [-0.3, -0.25) is 9.69 Å². The van der Waals surface area contributed by atoms with Gasteiger partial charge in [0.25, 0.3) is 5.91 Å². The average molecular weight is 469 g/mol. The number of hydrogen-bond acceptors (Lipinski definition) is 6. The molecule has 0 saturated carbocycles. The van der Waals surface area contributed by atoms with Crippen LogP contribution in [-0.4, -0.2) is 42.8 Å². The van der Waals surface area contributed by atoms with Gasteiger partial charge in [-0.05, 0) is 56.5 Å². The van der Waals surface area contributed by atoms with Gasteiger partial charge in [-0.25, -0.2) is 9.59 Å². The van der Waals surface area contributed by atoms with E-state index in [1.54, 1.807) is 39.8 Å². The molecule has 1 N–H and O–H groups in total. The summed E-state index contributed by atoms with van der Waals surface area (Å²) in [5, 5.41) is 2.63. The molecule has 2 amide bonds. The topological polar surface area (TPSA) is 94.2 Å². The summed E-state index contributed by atoms with van der Waals surface area (Å²) >= 11 is 0. The number of amides is 2. The lowest BCUT2D eigenvalue weighted by Gasteiger charge is -2.29. The van der Waals surface area contributed by atoms with Crippen molar-refractivity contribution in [1.29, 1.82) is 0 Å². The molecule has 2 atom stereocenters. The van der Waals surface area contributed by atoms with Crippen molar-refractivity contribution in [3.8, 4) is 5.75 Å². The van der Waals surface area contributed by atoms with Crippen molar-refractivity contribution in [2.75, 3.05) is 12.0 Å². The number of carbonyl (C=O) groups is 3. The predicted octanol–water partition coefficient (Wildman–Crippen LogP) is 4.00. The smallest absolute Gasteiger partial charge is 0.408 e. The second kappa shape index (κ2) is 10.6. The van der Waals surface area contributed by atoms with Crippen molar-refractivity contribution < 1.29 is 28.6 Å². The van der Waals surface area contributed by atoms with E-state index in [1.165, 1.54) is 12.0 Å². The number of nitrogens with zero attached hydrogens (tertiary/aromatic N) is 1. The van der Waals surface area contributed by atoms with Crippen molar-refractivity contribution in [1.82, 2.24) is 5.32 Å². The highest BCUT2D eigenvalue weighted by molar-refractivity contribution is 6.05. The van der Waals surface area contributed by atoms with Crippen LogP contribution in [-0.2, 0) is 32.1 Å². The van der Waals surface area contributed by atoms with Crippen LogP contribution in [0.25, 0.3) is 0 Å². The molecular weight excluding hydrogens is 436 g/mol. The van der Waals surface area contributed by atoms with Gasteiger partial charge in [0, 0.05) is 12.1 Å². The molecule has 2 aromatic rings. The zero-order valence-corrected chi connectivity index (χ0v) is 20.3. The van der Waals surface area contributed by atoms with Crippen LogP contribution in [0.2, 0.25) is 0 Å². The standard InChI is InChI=1S/C26H32N2O6/c1-6-20(27-25(31)34-26(2,3)4)23(29)28-21-13-12-19(33-16-17-10-8-7-9-11-17)14-18(21)15-22(28)24(30)32-5/h7-14,20,22H,6,15-16H2,1-5H3,(H,27,31)/t20-,22+/m0/s1. The lowest BCUT2D eigenvalue weighted by atomic mass is 10.1. The molecule has 8 heteroatoms. The van der Waals surface area contributed by atoms with Crippen LogP contribution in [0.5, 0.6) is 5.75 Å². The molecule has 0 radical (unpaired) electrons. The maximum absolute atomic E-state index is 13.5. The largest absolute Gasteiger partial charge is 0.489 e. The Balaban J connectivity index is 1.81. The minimum atomic E-state index is -0.859. The molecule has 182 valence electrons. The molecular formula is C26H32N2O6. The molecule has 3 rings (SSSR count). The zero-order valence-electron chi connectivity index (χ0n) is 20.3. The first-order chi connectivity index (χ1) is 16.1. The molecule has 2 aromatic carbocycles. The van der Waals surface area contributed by atoms with Gasteiger partial charge in [-0.2, -0.15) is 0 Å². The molecule has 0 aromatic heterocycles. The van der Waals surface area contributed by atoms with E-state index in [0.717, 1.165) is 11.1 Å². The fourth-order valence-electron chi connectivity index (χ4n) is 3.81. The SMILES string of the molecule is CC[C@H](NC(=O)OC(C)(C)C)C(=O)N1c2ccc(OCc3ccccc3)cc2C[C@@H]1C(=O)OC. The highest BCUT2D eigenvalue weighted by Crippen LogP contribution is 2.36. The van der Waals surface area contributed by atoms with Gasteiger partial charge in [-0.15, -0.1) is 0 Å². The van der Waals surface area contributed by atoms with E-state index < -0.39 is 35.7 Å². The molecule has 0 unspecified atom stereocenters. The summed E-state index contributed by atoms with van der Waals surface area (Å²) in [4.78, 5) is 39.7. The molecule has 8 nitrogen and oxygen atoms in total. The third-order valence-corrected chi connectivity index (χ3v) is 5.39. The van der Waals surface area contributed by atoms with Crippen LogP contribution in [0.3, 0.4) is 0 Å². The third kappa shape index (κ3) is 6.07. The first-order valence-electron chi connectivity index (χ1n) is 11.3. The zero-order chi connectivity index (χ0) is 24.9. The van der Waals surface area contributed by atoms with E-state index in [2.05, 4.69) is 5.32 Å². The molecule has 0 saturated heterocycles. The molecule has 34 heavy (non-hydrogen) atoms. The number of hydrogen-bond donors (Lipinski definition) is 1. The van der Waals surface area contributed by atoms with Crippen molar-refractivity contribution in [2.24, 2.45) is 0 Å². The van der Waals surface area contributed by atoms with Crippen molar-refractivity contribution in [3.05, 3.63) is 59.7 Å². The van der Waals surface area contributed by atoms with Gasteiger partial charge < -0.3 is 19.5 Å². The number of fused-ring (bicyclic) bond motifs is 1. The summed E-state index contributed by atoms with van der Waals surface area (Å²) in [5.41, 5.74) is 1.72. The second-order valence-corrected chi connectivity index (χ2v) is 9.12. The Morgan fingerprint density at radius 2 is 1.82 bits per heavy atom. The van der Waals surface area contributed by atoms with Crippen LogP contribution in [0, 0.1) is 0 Å². The number of ether oxygens (including phenoxy) is 3. The van der Waals surface area contributed by atoms with E-state index in [-0.39, 0.29) is 0 Å². The lowest BCUT2D eigenvalue weighted by molar-refractivity contribution is -0.143. The number of nitrogens with one attached hydrogen (secondary N) is 1. The van der Waals surface area contributed by atoms with Crippen LogP contribution in [0.15, 0.2) is 48.5 Å². The minimum Gasteiger partial charge on any atom is -0.489 e. The number of rotatable bonds is 7. The van der Waals surface area contributed by atoms with Crippen molar-refractivity contribution in [2.45, 2.75) is 64.8 Å². The van der Waals surface area contributed by atoms with Crippen molar-refractivity contribution >= 4 is 23.7 Å².